The van der Waals surface area contributed by atoms with Crippen molar-refractivity contribution >= 4 is 40.2 Å². The van der Waals surface area contributed by atoms with E-state index >= 15 is 0 Å². The number of carbonyl (C=O) groups is 2. The van der Waals surface area contributed by atoms with Gasteiger partial charge in [0.15, 0.2) is 5.16 Å². The quantitative estimate of drug-likeness (QED) is 0.333. The monoisotopic (exact) mass is 436 g/mol. The Bertz CT molecular complexity index is 1170. The standard InChI is InChI=1S/C23H24N4O3S/c1-4-13-27-22(30)18-7-5-6-8-19(18)25-23(27)31-15-21(29)26(3)14-20(28)24-17-11-9-16(2)10-12-17/h4-12H,1,13-15H2,2-3H3,(H,24,28). The van der Waals surface area contributed by atoms with Crippen molar-refractivity contribution in [2.45, 2.75) is 18.6 Å². The molecule has 2 amide bonds. The Balaban J connectivity index is 1.65. The summed E-state index contributed by atoms with van der Waals surface area (Å²) in [6, 6.07) is 14.5. The molecule has 0 bridgehead atoms. The molecule has 0 saturated carbocycles. The molecule has 0 aliphatic carbocycles. The van der Waals surface area contributed by atoms with Crippen LogP contribution in [0.25, 0.3) is 10.9 Å². The Morgan fingerprint density at radius 1 is 1.19 bits per heavy atom. The molecule has 2 aromatic carbocycles. The number of para-hydroxylation sites is 1. The summed E-state index contributed by atoms with van der Waals surface area (Å²) in [6.45, 7) is 5.89. The van der Waals surface area contributed by atoms with E-state index in [1.165, 1.54) is 21.2 Å². The van der Waals surface area contributed by atoms with Gasteiger partial charge >= 0.3 is 0 Å². The van der Waals surface area contributed by atoms with E-state index < -0.39 is 0 Å². The average Bonchev–Trinajstić information content (AvgIpc) is 2.76. The largest absolute Gasteiger partial charge is 0.336 e. The first kappa shape index (κ1) is 22.3. The number of aromatic nitrogens is 2. The molecule has 0 aliphatic heterocycles. The molecule has 1 N–H and O–H groups in total. The molecule has 0 unspecified atom stereocenters. The number of nitrogens with zero attached hydrogens (tertiary/aromatic N) is 3. The molecule has 0 fully saturated rings. The summed E-state index contributed by atoms with van der Waals surface area (Å²) in [6.07, 6.45) is 1.62. The highest BCUT2D eigenvalue weighted by molar-refractivity contribution is 7.99. The minimum absolute atomic E-state index is 0.0518. The Labute approximate surface area is 184 Å². The Morgan fingerprint density at radius 2 is 1.90 bits per heavy atom. The van der Waals surface area contributed by atoms with Crippen LogP contribution in [0, 0.1) is 6.92 Å². The van der Waals surface area contributed by atoms with E-state index in [9.17, 15) is 14.4 Å². The van der Waals surface area contributed by atoms with E-state index in [1.807, 2.05) is 37.3 Å². The van der Waals surface area contributed by atoms with Crippen molar-refractivity contribution in [2.75, 3.05) is 24.7 Å². The first-order valence-corrected chi connectivity index (χ1v) is 10.7. The van der Waals surface area contributed by atoms with Gasteiger partial charge in [0.05, 0.1) is 23.2 Å². The summed E-state index contributed by atoms with van der Waals surface area (Å²) in [5, 5.41) is 3.73. The molecule has 1 heterocycles. The molecular formula is C23H24N4O3S. The number of rotatable bonds is 8. The van der Waals surface area contributed by atoms with Crippen LogP contribution in [-0.4, -0.2) is 45.6 Å². The van der Waals surface area contributed by atoms with Gasteiger partial charge in [0.25, 0.3) is 5.56 Å². The maximum Gasteiger partial charge on any atom is 0.262 e. The van der Waals surface area contributed by atoms with Crippen molar-refractivity contribution in [3.63, 3.8) is 0 Å². The van der Waals surface area contributed by atoms with Crippen molar-refractivity contribution in [3.05, 3.63) is 77.1 Å². The first-order valence-electron chi connectivity index (χ1n) is 9.73. The number of carbonyl (C=O) groups excluding carboxylic acids is 2. The van der Waals surface area contributed by atoms with Gasteiger partial charge < -0.3 is 10.2 Å². The Kier molecular flexibility index (Phi) is 7.25. The highest BCUT2D eigenvalue weighted by atomic mass is 32.2. The molecule has 31 heavy (non-hydrogen) atoms. The van der Waals surface area contributed by atoms with E-state index in [1.54, 1.807) is 31.3 Å². The number of fused-ring (bicyclic) bond motifs is 1. The van der Waals surface area contributed by atoms with Gasteiger partial charge in [-0.05, 0) is 31.2 Å². The fourth-order valence-electron chi connectivity index (χ4n) is 2.93. The first-order chi connectivity index (χ1) is 14.9. The maximum atomic E-state index is 12.8. The van der Waals surface area contributed by atoms with Gasteiger partial charge in [-0.1, -0.05) is 47.7 Å². The maximum absolute atomic E-state index is 12.8. The van der Waals surface area contributed by atoms with Gasteiger partial charge in [0.1, 0.15) is 0 Å². The minimum atomic E-state index is -0.280. The second-order valence-electron chi connectivity index (χ2n) is 7.07. The molecule has 0 aliphatic rings. The molecule has 1 aromatic heterocycles. The number of allylic oxidation sites excluding steroid dienone is 1. The molecular weight excluding hydrogens is 412 g/mol. The number of hydrogen-bond acceptors (Lipinski definition) is 5. The summed E-state index contributed by atoms with van der Waals surface area (Å²) in [5.74, 6) is -0.468. The summed E-state index contributed by atoms with van der Waals surface area (Å²) >= 11 is 1.17. The highest BCUT2D eigenvalue weighted by Gasteiger charge is 2.16. The lowest BCUT2D eigenvalue weighted by Crippen LogP contribution is -2.36. The lowest BCUT2D eigenvalue weighted by molar-refractivity contribution is -0.131. The van der Waals surface area contributed by atoms with Gasteiger partial charge in [0, 0.05) is 19.3 Å². The number of amides is 2. The number of hydrogen-bond donors (Lipinski definition) is 1. The number of anilines is 1. The molecule has 0 radical (unpaired) electrons. The number of benzene rings is 2. The third kappa shape index (κ3) is 5.61. The second-order valence-corrected chi connectivity index (χ2v) is 8.01. The van der Waals surface area contributed by atoms with Crippen LogP contribution in [-0.2, 0) is 16.1 Å². The summed E-state index contributed by atoms with van der Waals surface area (Å²) in [5.41, 5.74) is 2.18. The van der Waals surface area contributed by atoms with Crippen molar-refractivity contribution in [2.24, 2.45) is 0 Å². The van der Waals surface area contributed by atoms with Gasteiger partial charge in [-0.15, -0.1) is 6.58 Å². The zero-order chi connectivity index (χ0) is 22.4. The molecule has 3 aromatic rings. The van der Waals surface area contributed by atoms with E-state index in [4.69, 9.17) is 0 Å². The highest BCUT2D eigenvalue weighted by Crippen LogP contribution is 2.18. The van der Waals surface area contributed by atoms with Crippen LogP contribution >= 0.6 is 11.8 Å². The second kappa shape index (κ2) is 10.1. The van der Waals surface area contributed by atoms with Crippen molar-refractivity contribution < 1.29 is 9.59 Å². The number of likely N-dealkylation sites (N-methyl/N-ethyl adjacent to an activating group) is 1. The zero-order valence-corrected chi connectivity index (χ0v) is 18.3. The number of aryl methyl sites for hydroxylation is 1. The van der Waals surface area contributed by atoms with Gasteiger partial charge in [-0.25, -0.2) is 4.98 Å². The van der Waals surface area contributed by atoms with Crippen LogP contribution in [0.15, 0.2) is 71.1 Å². The molecule has 0 atom stereocenters. The van der Waals surface area contributed by atoms with Crippen LogP contribution in [0.5, 0.6) is 0 Å². The lowest BCUT2D eigenvalue weighted by Gasteiger charge is -2.17. The number of thioether (sulfide) groups is 1. The molecule has 8 heteroatoms. The third-order valence-electron chi connectivity index (χ3n) is 4.60. The fraction of sp³-hybridized carbons (Fsp3) is 0.217. The molecule has 0 spiro atoms. The summed E-state index contributed by atoms with van der Waals surface area (Å²) < 4.78 is 1.50. The Hall–Kier alpha value is -3.39. The smallest absolute Gasteiger partial charge is 0.262 e. The van der Waals surface area contributed by atoms with Crippen molar-refractivity contribution in [1.29, 1.82) is 0 Å². The Morgan fingerprint density at radius 3 is 2.61 bits per heavy atom. The number of nitrogens with one attached hydrogen (secondary N) is 1. The topological polar surface area (TPSA) is 84.3 Å². The van der Waals surface area contributed by atoms with Crippen molar-refractivity contribution in [3.8, 4) is 0 Å². The molecule has 0 saturated heterocycles. The van der Waals surface area contributed by atoms with Crippen molar-refractivity contribution in [1.82, 2.24) is 14.5 Å². The predicted molar refractivity (Wildman–Crippen MR) is 124 cm³/mol. The average molecular weight is 437 g/mol. The van der Waals surface area contributed by atoms with Crippen LogP contribution in [0.3, 0.4) is 0 Å². The van der Waals surface area contributed by atoms with E-state index in [0.717, 1.165) is 5.56 Å². The van der Waals surface area contributed by atoms with Gasteiger partial charge in [-0.3, -0.25) is 19.0 Å². The van der Waals surface area contributed by atoms with Crippen LogP contribution in [0.2, 0.25) is 0 Å². The summed E-state index contributed by atoms with van der Waals surface area (Å²) in [4.78, 5) is 43.5. The molecule has 3 rings (SSSR count). The van der Waals surface area contributed by atoms with Gasteiger partial charge in [-0.2, -0.15) is 0 Å². The minimum Gasteiger partial charge on any atom is -0.336 e. The predicted octanol–water partition coefficient (Wildman–Crippen LogP) is 3.08. The van der Waals surface area contributed by atoms with Crippen LogP contribution in [0.1, 0.15) is 5.56 Å². The summed E-state index contributed by atoms with van der Waals surface area (Å²) in [7, 11) is 1.57. The van der Waals surface area contributed by atoms with E-state index in [2.05, 4.69) is 16.9 Å². The van der Waals surface area contributed by atoms with Gasteiger partial charge in [0.2, 0.25) is 11.8 Å². The third-order valence-corrected chi connectivity index (χ3v) is 5.57. The van der Waals surface area contributed by atoms with E-state index in [-0.39, 0.29) is 29.7 Å². The molecule has 160 valence electrons. The molecule has 7 nitrogen and oxygen atoms in total. The SMILES string of the molecule is C=CCn1c(SCC(=O)N(C)CC(=O)Nc2ccc(C)cc2)nc2ccccc2c1=O. The van der Waals surface area contributed by atoms with Crippen LogP contribution < -0.4 is 10.9 Å². The normalized spacial score (nSPS) is 10.6. The lowest BCUT2D eigenvalue weighted by atomic mass is 10.2. The fourth-order valence-corrected chi connectivity index (χ4v) is 3.87. The van der Waals surface area contributed by atoms with Crippen LogP contribution in [0.4, 0.5) is 5.69 Å². The zero-order valence-electron chi connectivity index (χ0n) is 17.5. The van der Waals surface area contributed by atoms with E-state index in [0.29, 0.717) is 28.3 Å².